The molecule has 4 N–H and O–H groups in total. The number of benzene rings is 1. The lowest BCUT2D eigenvalue weighted by molar-refractivity contribution is 0.100. The van der Waals surface area contributed by atoms with Crippen LogP contribution >= 0.6 is 11.6 Å². The highest BCUT2D eigenvalue weighted by Gasteiger charge is 2.28. The summed E-state index contributed by atoms with van der Waals surface area (Å²) in [6, 6.07) is 3.28. The number of anilines is 2. The molecule has 19 heavy (non-hydrogen) atoms. The Hall–Kier alpha value is -1.42. The van der Waals surface area contributed by atoms with Gasteiger partial charge in [-0.25, -0.2) is 0 Å². The normalized spacial score (nSPS) is 19.2. The van der Waals surface area contributed by atoms with Crippen molar-refractivity contribution in [2.45, 2.75) is 20.3 Å². The van der Waals surface area contributed by atoms with E-state index in [2.05, 4.69) is 18.7 Å². The van der Waals surface area contributed by atoms with E-state index in [-0.39, 0.29) is 0 Å². The van der Waals surface area contributed by atoms with Crippen LogP contribution in [-0.2, 0) is 0 Å². The van der Waals surface area contributed by atoms with Crippen molar-refractivity contribution in [3.05, 3.63) is 22.7 Å². The van der Waals surface area contributed by atoms with Crippen LogP contribution in [0.15, 0.2) is 12.1 Å². The molecular weight excluding hydrogens is 262 g/mol. The minimum Gasteiger partial charge on any atom is -0.399 e. The zero-order chi connectivity index (χ0) is 14.2. The van der Waals surface area contributed by atoms with Crippen LogP contribution in [0.1, 0.15) is 30.6 Å². The van der Waals surface area contributed by atoms with Gasteiger partial charge in [-0.2, -0.15) is 0 Å². The van der Waals surface area contributed by atoms with E-state index >= 15 is 0 Å². The van der Waals surface area contributed by atoms with Gasteiger partial charge >= 0.3 is 0 Å². The molecule has 4 nitrogen and oxygen atoms in total. The van der Waals surface area contributed by atoms with Crippen LogP contribution in [0.25, 0.3) is 0 Å². The molecular formula is C14H20ClN3O. The van der Waals surface area contributed by atoms with Gasteiger partial charge in [0, 0.05) is 18.8 Å². The standard InChI is InChI=1S/C14H20ClN3O/c1-8(2)9-3-4-18(7-9)13-11(14(17)19)5-10(16)6-12(13)15/h5-6,8-9H,3-4,7,16H2,1-2H3,(H2,17,19). The number of nitrogens with zero attached hydrogens (tertiary/aromatic N) is 1. The molecule has 1 aliphatic rings. The summed E-state index contributed by atoms with van der Waals surface area (Å²) in [5.41, 5.74) is 12.8. The minimum absolute atomic E-state index is 0.411. The lowest BCUT2D eigenvalue weighted by Gasteiger charge is -2.23. The molecule has 1 aromatic carbocycles. The SMILES string of the molecule is CC(C)C1CCN(c2c(Cl)cc(N)cc2C(N)=O)C1. The van der Waals surface area contributed by atoms with Gasteiger partial charge in [0.15, 0.2) is 0 Å². The van der Waals surface area contributed by atoms with Gasteiger partial charge in [-0.05, 0) is 30.4 Å². The molecule has 0 aliphatic carbocycles. The van der Waals surface area contributed by atoms with Crippen molar-refractivity contribution in [1.29, 1.82) is 0 Å². The lowest BCUT2D eigenvalue weighted by Crippen LogP contribution is -2.25. The fourth-order valence-corrected chi connectivity index (χ4v) is 3.01. The third-order valence-corrected chi connectivity index (χ3v) is 4.12. The molecule has 0 bridgehead atoms. The van der Waals surface area contributed by atoms with E-state index in [1.807, 2.05) is 0 Å². The second-order valence-corrected chi connectivity index (χ2v) is 5.91. The first-order valence-electron chi connectivity index (χ1n) is 6.54. The van der Waals surface area contributed by atoms with Gasteiger partial charge in [0.1, 0.15) is 0 Å². The van der Waals surface area contributed by atoms with Gasteiger partial charge in [0.2, 0.25) is 0 Å². The molecule has 0 saturated carbocycles. The molecule has 104 valence electrons. The third kappa shape index (κ3) is 2.78. The summed E-state index contributed by atoms with van der Waals surface area (Å²) in [6.45, 7) is 6.23. The average molecular weight is 282 g/mol. The summed E-state index contributed by atoms with van der Waals surface area (Å²) in [5.74, 6) is 0.751. The molecule has 1 heterocycles. The van der Waals surface area contributed by atoms with Crippen molar-refractivity contribution in [3.63, 3.8) is 0 Å². The number of rotatable bonds is 3. The van der Waals surface area contributed by atoms with E-state index < -0.39 is 5.91 Å². The van der Waals surface area contributed by atoms with E-state index in [9.17, 15) is 4.79 Å². The number of amides is 1. The molecule has 1 atom stereocenters. The van der Waals surface area contributed by atoms with Gasteiger partial charge in [-0.3, -0.25) is 4.79 Å². The van der Waals surface area contributed by atoms with Crippen LogP contribution < -0.4 is 16.4 Å². The summed E-state index contributed by atoms with van der Waals surface area (Å²) in [6.07, 6.45) is 1.11. The first kappa shape index (κ1) is 14.0. The summed E-state index contributed by atoms with van der Waals surface area (Å²) >= 11 is 6.26. The lowest BCUT2D eigenvalue weighted by atomic mass is 9.95. The number of carbonyl (C=O) groups is 1. The molecule has 0 radical (unpaired) electrons. The maximum absolute atomic E-state index is 11.6. The van der Waals surface area contributed by atoms with Crippen molar-refractivity contribution in [3.8, 4) is 0 Å². The van der Waals surface area contributed by atoms with Crippen LogP contribution in [0.5, 0.6) is 0 Å². The third-order valence-electron chi connectivity index (χ3n) is 3.83. The zero-order valence-corrected chi connectivity index (χ0v) is 12.1. The highest BCUT2D eigenvalue weighted by molar-refractivity contribution is 6.34. The average Bonchev–Trinajstić information content (AvgIpc) is 2.76. The Morgan fingerprint density at radius 2 is 2.16 bits per heavy atom. The van der Waals surface area contributed by atoms with Crippen LogP contribution in [0.3, 0.4) is 0 Å². The largest absolute Gasteiger partial charge is 0.399 e. The fraction of sp³-hybridized carbons (Fsp3) is 0.500. The number of halogens is 1. The summed E-state index contributed by atoms with van der Waals surface area (Å²) < 4.78 is 0. The molecule has 1 fully saturated rings. The summed E-state index contributed by atoms with van der Waals surface area (Å²) in [4.78, 5) is 13.7. The number of nitrogen functional groups attached to an aromatic ring is 1. The van der Waals surface area contributed by atoms with Crippen molar-refractivity contribution in [2.24, 2.45) is 17.6 Å². The number of nitrogens with two attached hydrogens (primary N) is 2. The van der Waals surface area contributed by atoms with E-state index in [1.165, 1.54) is 0 Å². The highest BCUT2D eigenvalue weighted by Crippen LogP contribution is 2.36. The molecule has 5 heteroatoms. The Morgan fingerprint density at radius 3 is 2.68 bits per heavy atom. The molecule has 0 spiro atoms. The topological polar surface area (TPSA) is 72.3 Å². The number of hydrogen-bond donors (Lipinski definition) is 2. The Morgan fingerprint density at radius 1 is 1.47 bits per heavy atom. The number of hydrogen-bond acceptors (Lipinski definition) is 3. The minimum atomic E-state index is -0.489. The molecule has 2 rings (SSSR count). The van der Waals surface area contributed by atoms with E-state index in [0.29, 0.717) is 28.1 Å². The Kier molecular flexibility index (Phi) is 3.90. The molecule has 1 aliphatic heterocycles. The Labute approximate surface area is 118 Å². The first-order chi connectivity index (χ1) is 8.90. The maximum Gasteiger partial charge on any atom is 0.250 e. The van der Waals surface area contributed by atoms with Gasteiger partial charge in [0.25, 0.3) is 5.91 Å². The predicted octanol–water partition coefficient (Wildman–Crippen LogP) is 2.50. The first-order valence-corrected chi connectivity index (χ1v) is 6.91. The van der Waals surface area contributed by atoms with Crippen molar-refractivity contribution < 1.29 is 4.79 Å². The van der Waals surface area contributed by atoms with E-state index in [4.69, 9.17) is 23.1 Å². The second kappa shape index (κ2) is 5.29. The zero-order valence-electron chi connectivity index (χ0n) is 11.3. The van der Waals surface area contributed by atoms with Crippen LogP contribution in [0.4, 0.5) is 11.4 Å². The van der Waals surface area contributed by atoms with E-state index in [0.717, 1.165) is 25.2 Å². The van der Waals surface area contributed by atoms with Crippen molar-refractivity contribution in [1.82, 2.24) is 0 Å². The van der Waals surface area contributed by atoms with Gasteiger partial charge in [-0.1, -0.05) is 25.4 Å². The summed E-state index contributed by atoms with van der Waals surface area (Å²) in [7, 11) is 0. The Balaban J connectivity index is 2.37. The maximum atomic E-state index is 11.6. The quantitative estimate of drug-likeness (QED) is 0.836. The molecule has 1 aromatic rings. The molecule has 1 amide bonds. The monoisotopic (exact) mass is 281 g/mol. The predicted molar refractivity (Wildman–Crippen MR) is 79.5 cm³/mol. The second-order valence-electron chi connectivity index (χ2n) is 5.50. The number of carbonyl (C=O) groups excluding carboxylic acids is 1. The molecule has 0 aromatic heterocycles. The summed E-state index contributed by atoms with van der Waals surface area (Å²) in [5, 5.41) is 0.498. The number of primary amides is 1. The van der Waals surface area contributed by atoms with Crippen molar-refractivity contribution in [2.75, 3.05) is 23.7 Å². The van der Waals surface area contributed by atoms with E-state index in [1.54, 1.807) is 12.1 Å². The van der Waals surface area contributed by atoms with Crippen molar-refractivity contribution >= 4 is 28.9 Å². The van der Waals surface area contributed by atoms with Gasteiger partial charge in [-0.15, -0.1) is 0 Å². The van der Waals surface area contributed by atoms with Gasteiger partial charge < -0.3 is 16.4 Å². The Bertz CT molecular complexity index is 502. The molecule has 1 unspecified atom stereocenters. The van der Waals surface area contributed by atoms with Gasteiger partial charge in [0.05, 0.1) is 16.3 Å². The van der Waals surface area contributed by atoms with Crippen LogP contribution in [-0.4, -0.2) is 19.0 Å². The highest BCUT2D eigenvalue weighted by atomic mass is 35.5. The fourth-order valence-electron chi connectivity index (χ4n) is 2.66. The smallest absolute Gasteiger partial charge is 0.250 e. The molecule has 1 saturated heterocycles. The van der Waals surface area contributed by atoms with Crippen LogP contribution in [0.2, 0.25) is 5.02 Å². The van der Waals surface area contributed by atoms with Crippen LogP contribution in [0, 0.1) is 11.8 Å².